The lowest BCUT2D eigenvalue weighted by atomic mass is 10.1. The van der Waals surface area contributed by atoms with E-state index in [0.717, 1.165) is 4.47 Å². The number of benzene rings is 2. The van der Waals surface area contributed by atoms with E-state index in [1.54, 1.807) is 0 Å². The molecular weight excluding hydrogens is 360 g/mol. The molecule has 116 valence electrons. The zero-order chi connectivity index (χ0) is 16.4. The number of hydrogen-bond donors (Lipinski definition) is 1. The number of nitrogens with two attached hydrogens (primary N) is 1. The van der Waals surface area contributed by atoms with Crippen LogP contribution in [-0.2, 0) is 9.53 Å². The highest BCUT2D eigenvalue weighted by molar-refractivity contribution is 9.10. The van der Waals surface area contributed by atoms with E-state index in [1.165, 1.54) is 11.8 Å². The van der Waals surface area contributed by atoms with Gasteiger partial charge in [-0.05, 0) is 29.8 Å². The lowest BCUT2D eigenvalue weighted by Crippen LogP contribution is -2.17. The molecule has 23 heavy (non-hydrogen) atoms. The first-order valence-electron chi connectivity index (χ1n) is 6.76. The smallest absolute Gasteiger partial charge is 0.358 e. The third kappa shape index (κ3) is 2.83. The van der Waals surface area contributed by atoms with E-state index < -0.39 is 5.97 Å². The van der Waals surface area contributed by atoms with E-state index in [2.05, 4.69) is 26.2 Å². The van der Waals surface area contributed by atoms with Crippen molar-refractivity contribution >= 4 is 44.3 Å². The molecule has 1 aromatic heterocycles. The number of fused-ring (bicyclic) bond motifs is 1. The van der Waals surface area contributed by atoms with Gasteiger partial charge in [0.1, 0.15) is 5.52 Å². The highest BCUT2D eigenvalue weighted by Crippen LogP contribution is 2.23. The van der Waals surface area contributed by atoms with E-state index >= 15 is 0 Å². The number of esters is 1. The maximum Gasteiger partial charge on any atom is 0.358 e. The minimum atomic E-state index is -0.582. The maximum atomic E-state index is 12.3. The van der Waals surface area contributed by atoms with Crippen molar-refractivity contribution < 1.29 is 9.53 Å². The molecule has 0 amide bonds. The Morgan fingerprint density at radius 2 is 1.87 bits per heavy atom. The van der Waals surface area contributed by atoms with Gasteiger partial charge >= 0.3 is 5.97 Å². The summed E-state index contributed by atoms with van der Waals surface area (Å²) in [5.74, 6) is -0.582. The predicted octanol–water partition coefficient (Wildman–Crippen LogP) is 2.65. The number of carbonyl (C=O) groups excluding carboxylic acids is 1. The molecule has 2 aromatic carbocycles. The summed E-state index contributed by atoms with van der Waals surface area (Å²) in [5.41, 5.74) is 8.64. The molecule has 3 aromatic rings. The Kier molecular flexibility index (Phi) is 4.12. The number of halogens is 1. The lowest BCUT2D eigenvalue weighted by Gasteiger charge is -2.11. The molecule has 1 heterocycles. The first kappa shape index (κ1) is 15.2. The van der Waals surface area contributed by atoms with Crippen LogP contribution in [-0.4, -0.2) is 28.1 Å². The van der Waals surface area contributed by atoms with Crippen LogP contribution in [0.4, 0.5) is 0 Å². The van der Waals surface area contributed by atoms with Gasteiger partial charge < -0.3 is 10.5 Å². The molecule has 0 unspecified atom stereocenters. The van der Waals surface area contributed by atoms with Gasteiger partial charge in [0.05, 0.1) is 18.3 Å². The molecule has 0 bridgehead atoms. The number of para-hydroxylation sites is 1. The zero-order valence-electron chi connectivity index (χ0n) is 12.2. The molecule has 7 heteroatoms. The van der Waals surface area contributed by atoms with Crippen LogP contribution in [0.25, 0.3) is 22.4 Å². The van der Waals surface area contributed by atoms with Gasteiger partial charge in [-0.1, -0.05) is 45.4 Å². The molecule has 0 aliphatic heterocycles. The van der Waals surface area contributed by atoms with E-state index in [-0.39, 0.29) is 11.4 Å². The highest BCUT2D eigenvalue weighted by atomic mass is 79.9. The third-order valence-corrected chi connectivity index (χ3v) is 3.88. The number of ether oxygens (including phenoxy) is 1. The summed E-state index contributed by atoms with van der Waals surface area (Å²) < 4.78 is 7.19. The average molecular weight is 373 g/mol. The molecule has 0 saturated heterocycles. The van der Waals surface area contributed by atoms with Crippen LogP contribution >= 0.6 is 15.9 Å². The van der Waals surface area contributed by atoms with Crippen molar-refractivity contribution in [1.29, 1.82) is 0 Å². The van der Waals surface area contributed by atoms with Crippen molar-refractivity contribution in [3.8, 4) is 0 Å². The minimum Gasteiger partial charge on any atom is -0.464 e. The summed E-state index contributed by atoms with van der Waals surface area (Å²) in [7, 11) is 1.30. The fourth-order valence-electron chi connectivity index (χ4n) is 2.21. The highest BCUT2D eigenvalue weighted by Gasteiger charge is 2.21. The second kappa shape index (κ2) is 6.21. The lowest BCUT2D eigenvalue weighted by molar-refractivity contribution is -0.134. The summed E-state index contributed by atoms with van der Waals surface area (Å²) in [6, 6.07) is 14.6. The van der Waals surface area contributed by atoms with Gasteiger partial charge in [0, 0.05) is 4.47 Å². The van der Waals surface area contributed by atoms with Gasteiger partial charge in [0.2, 0.25) is 0 Å². The second-order valence-corrected chi connectivity index (χ2v) is 5.67. The molecule has 0 radical (unpaired) electrons. The molecule has 0 aliphatic rings. The van der Waals surface area contributed by atoms with Gasteiger partial charge in [0.25, 0.3) is 0 Å². The number of carbonyl (C=O) groups is 1. The normalized spacial score (nSPS) is 12.1. The van der Waals surface area contributed by atoms with Gasteiger partial charge in [-0.25, -0.2) is 9.48 Å². The summed E-state index contributed by atoms with van der Waals surface area (Å²) in [6.45, 7) is 0. The minimum absolute atomic E-state index is 0.128. The maximum absolute atomic E-state index is 12.3. The largest absolute Gasteiger partial charge is 0.464 e. The van der Waals surface area contributed by atoms with Gasteiger partial charge in [-0.2, -0.15) is 0 Å². The van der Waals surface area contributed by atoms with E-state index in [9.17, 15) is 4.79 Å². The monoisotopic (exact) mass is 372 g/mol. The second-order valence-electron chi connectivity index (χ2n) is 4.75. The standard InChI is InChI=1S/C16H13BrN4O2/c1-23-16(22)15(14(18)10-6-8-11(17)9-7-10)21-13-5-3-2-4-12(13)19-20-21/h2-9H,18H2,1H3. The first-order valence-corrected chi connectivity index (χ1v) is 7.56. The van der Waals surface area contributed by atoms with Crippen LogP contribution in [0.1, 0.15) is 5.56 Å². The molecule has 0 saturated carbocycles. The summed E-state index contributed by atoms with van der Waals surface area (Å²) in [6.07, 6.45) is 0. The quantitative estimate of drug-likeness (QED) is 0.564. The van der Waals surface area contributed by atoms with Crippen molar-refractivity contribution in [3.63, 3.8) is 0 Å². The van der Waals surface area contributed by atoms with Crippen LogP contribution in [0.3, 0.4) is 0 Å². The van der Waals surface area contributed by atoms with Crippen LogP contribution < -0.4 is 5.73 Å². The summed E-state index contributed by atoms with van der Waals surface area (Å²) in [5, 5.41) is 8.10. The van der Waals surface area contributed by atoms with Crippen LogP contribution in [0.5, 0.6) is 0 Å². The van der Waals surface area contributed by atoms with E-state index in [4.69, 9.17) is 10.5 Å². The van der Waals surface area contributed by atoms with Crippen molar-refractivity contribution in [2.75, 3.05) is 7.11 Å². The van der Waals surface area contributed by atoms with E-state index in [1.807, 2.05) is 48.5 Å². The number of aromatic nitrogens is 3. The molecule has 0 fully saturated rings. The summed E-state index contributed by atoms with van der Waals surface area (Å²) >= 11 is 3.37. The molecule has 6 nitrogen and oxygen atoms in total. The molecule has 0 spiro atoms. The van der Waals surface area contributed by atoms with Gasteiger partial charge in [-0.3, -0.25) is 0 Å². The Hall–Kier alpha value is -2.67. The molecule has 0 aliphatic carbocycles. The number of rotatable bonds is 3. The molecule has 0 atom stereocenters. The Balaban J connectivity index is 2.24. The zero-order valence-corrected chi connectivity index (χ0v) is 13.8. The summed E-state index contributed by atoms with van der Waals surface area (Å²) in [4.78, 5) is 12.3. The number of hydrogen-bond acceptors (Lipinski definition) is 5. The van der Waals surface area contributed by atoms with Crippen molar-refractivity contribution in [3.05, 3.63) is 58.6 Å². The van der Waals surface area contributed by atoms with Crippen molar-refractivity contribution in [2.24, 2.45) is 5.73 Å². The van der Waals surface area contributed by atoms with Crippen molar-refractivity contribution in [1.82, 2.24) is 15.0 Å². The third-order valence-electron chi connectivity index (χ3n) is 3.35. The SMILES string of the molecule is COC(=O)C(=C(N)c1ccc(Br)cc1)n1nnc2ccccc21. The first-order chi connectivity index (χ1) is 11.1. The fraction of sp³-hybridized carbons (Fsp3) is 0.0625. The molecule has 3 rings (SSSR count). The number of nitrogens with zero attached hydrogens (tertiary/aromatic N) is 3. The molecule has 2 N–H and O–H groups in total. The van der Waals surface area contributed by atoms with Crippen LogP contribution in [0.15, 0.2) is 53.0 Å². The average Bonchev–Trinajstić information content (AvgIpc) is 2.99. The topological polar surface area (TPSA) is 83.0 Å². The van der Waals surface area contributed by atoms with Crippen LogP contribution in [0, 0.1) is 0 Å². The van der Waals surface area contributed by atoms with Crippen LogP contribution in [0.2, 0.25) is 0 Å². The number of methoxy groups -OCH3 is 1. The predicted molar refractivity (Wildman–Crippen MR) is 91.0 cm³/mol. The Bertz CT molecular complexity index is 900. The van der Waals surface area contributed by atoms with Crippen molar-refractivity contribution in [2.45, 2.75) is 0 Å². The Labute approximate surface area is 140 Å². The molecular formula is C16H13BrN4O2. The van der Waals surface area contributed by atoms with E-state index in [0.29, 0.717) is 16.6 Å². The fourth-order valence-corrected chi connectivity index (χ4v) is 2.47. The van der Waals surface area contributed by atoms with Gasteiger partial charge in [0.15, 0.2) is 5.70 Å². The Morgan fingerprint density at radius 3 is 2.57 bits per heavy atom. The Morgan fingerprint density at radius 1 is 1.17 bits per heavy atom. The van der Waals surface area contributed by atoms with Gasteiger partial charge in [-0.15, -0.1) is 5.10 Å².